The number of carbonyl (C=O) groups is 1. The fraction of sp³-hybridized carbons (Fsp3) is 0.727. The number of likely N-dealkylation sites (tertiary alicyclic amines) is 1. The van der Waals surface area contributed by atoms with Gasteiger partial charge in [-0.25, -0.2) is 5.90 Å². The molecule has 1 saturated heterocycles. The molecule has 1 atom stereocenters. The van der Waals surface area contributed by atoms with Gasteiger partial charge in [-0.3, -0.25) is 9.63 Å². The second kappa shape index (κ2) is 5.28. The van der Waals surface area contributed by atoms with Gasteiger partial charge in [-0.15, -0.1) is 0 Å². The van der Waals surface area contributed by atoms with E-state index in [0.29, 0.717) is 0 Å². The highest BCUT2D eigenvalue weighted by molar-refractivity contribution is 5.82. The molecule has 15 heavy (non-hydrogen) atoms. The number of piperidine rings is 1. The van der Waals surface area contributed by atoms with Crippen molar-refractivity contribution in [2.45, 2.75) is 46.1 Å². The highest BCUT2D eigenvalue weighted by Crippen LogP contribution is 2.24. The molecule has 0 spiro atoms. The Morgan fingerprint density at radius 1 is 1.47 bits per heavy atom. The van der Waals surface area contributed by atoms with Crippen molar-refractivity contribution in [3.63, 3.8) is 0 Å². The topological polar surface area (TPSA) is 55.6 Å². The molecule has 4 nitrogen and oxygen atoms in total. The van der Waals surface area contributed by atoms with E-state index in [2.05, 4.69) is 4.84 Å². The Labute approximate surface area is 91.0 Å². The molecule has 86 valence electrons. The third-order valence-electron chi connectivity index (χ3n) is 2.77. The van der Waals surface area contributed by atoms with Crippen LogP contribution in [0.5, 0.6) is 0 Å². The third kappa shape index (κ3) is 2.79. The highest BCUT2D eigenvalue weighted by Gasteiger charge is 2.26. The maximum absolute atomic E-state index is 11.9. The van der Waals surface area contributed by atoms with Gasteiger partial charge in [0, 0.05) is 12.2 Å². The second-order valence-corrected chi connectivity index (χ2v) is 4.17. The summed E-state index contributed by atoms with van der Waals surface area (Å²) in [5.41, 5.74) is 2.34. The van der Waals surface area contributed by atoms with Crippen LogP contribution in [-0.2, 0) is 9.63 Å². The first-order chi connectivity index (χ1) is 7.07. The van der Waals surface area contributed by atoms with E-state index in [4.69, 9.17) is 5.90 Å². The zero-order valence-corrected chi connectivity index (χ0v) is 9.75. The molecule has 0 radical (unpaired) electrons. The Bertz CT molecular complexity index is 270. The van der Waals surface area contributed by atoms with Crippen LogP contribution in [0.15, 0.2) is 11.3 Å². The lowest BCUT2D eigenvalue weighted by Gasteiger charge is -2.32. The van der Waals surface area contributed by atoms with Crippen LogP contribution in [0.3, 0.4) is 0 Å². The summed E-state index contributed by atoms with van der Waals surface area (Å²) in [7, 11) is 0. The fourth-order valence-electron chi connectivity index (χ4n) is 1.87. The highest BCUT2D eigenvalue weighted by atomic mass is 16.6. The predicted octanol–water partition coefficient (Wildman–Crippen LogP) is 1.57. The minimum atomic E-state index is -0.558. The average molecular weight is 212 g/mol. The summed E-state index contributed by atoms with van der Waals surface area (Å²) < 4.78 is 0. The van der Waals surface area contributed by atoms with Gasteiger partial charge in [-0.1, -0.05) is 5.57 Å². The minimum absolute atomic E-state index is 0.0339. The zero-order chi connectivity index (χ0) is 11.4. The van der Waals surface area contributed by atoms with E-state index < -0.39 is 6.10 Å². The number of nitrogens with two attached hydrogens (primary N) is 1. The minimum Gasteiger partial charge on any atom is -0.314 e. The molecule has 1 unspecified atom stereocenters. The predicted molar refractivity (Wildman–Crippen MR) is 58.7 cm³/mol. The number of carbonyl (C=O) groups excluding carboxylic acids is 1. The lowest BCUT2D eigenvalue weighted by Crippen LogP contribution is -2.42. The number of amides is 1. The van der Waals surface area contributed by atoms with Crippen LogP contribution in [0.2, 0.25) is 0 Å². The van der Waals surface area contributed by atoms with Crippen LogP contribution in [0.4, 0.5) is 0 Å². The summed E-state index contributed by atoms with van der Waals surface area (Å²) in [6, 6.07) is 0. The van der Waals surface area contributed by atoms with Gasteiger partial charge < -0.3 is 4.90 Å². The number of hydrogen-bond donors (Lipinski definition) is 1. The Kier molecular flexibility index (Phi) is 4.29. The molecule has 0 aromatic heterocycles. The summed E-state index contributed by atoms with van der Waals surface area (Å²) >= 11 is 0. The van der Waals surface area contributed by atoms with Gasteiger partial charge in [-0.05, 0) is 40.0 Å². The number of nitrogens with zero attached hydrogens (tertiary/aromatic N) is 1. The molecule has 0 saturated carbocycles. The molecule has 0 bridgehead atoms. The summed E-state index contributed by atoms with van der Waals surface area (Å²) in [6.45, 7) is 6.54. The van der Waals surface area contributed by atoms with E-state index in [0.717, 1.165) is 31.5 Å². The summed E-state index contributed by atoms with van der Waals surface area (Å²) in [6.07, 6.45) is 2.63. The molecular weight excluding hydrogens is 192 g/mol. The van der Waals surface area contributed by atoms with E-state index >= 15 is 0 Å². The first kappa shape index (κ1) is 12.2. The molecule has 1 heterocycles. The van der Waals surface area contributed by atoms with E-state index in [-0.39, 0.29) is 5.91 Å². The standard InChI is InChI=1S/C11H20N2O2/c1-8(2)10-6-4-5-7-13(10)11(14)9(3)15-12/h9H,4-7,12H2,1-3H3. The van der Waals surface area contributed by atoms with E-state index in [1.54, 1.807) is 6.92 Å². The smallest absolute Gasteiger partial charge is 0.257 e. The quantitative estimate of drug-likeness (QED) is 0.707. The summed E-state index contributed by atoms with van der Waals surface area (Å²) in [5.74, 6) is 5.00. The Morgan fingerprint density at radius 3 is 2.67 bits per heavy atom. The van der Waals surface area contributed by atoms with E-state index in [9.17, 15) is 4.79 Å². The maximum atomic E-state index is 11.9. The molecule has 2 N–H and O–H groups in total. The van der Waals surface area contributed by atoms with Crippen molar-refractivity contribution >= 4 is 5.91 Å². The lowest BCUT2D eigenvalue weighted by atomic mass is 10.0. The van der Waals surface area contributed by atoms with Crippen molar-refractivity contribution in [3.05, 3.63) is 11.3 Å². The largest absolute Gasteiger partial charge is 0.314 e. The van der Waals surface area contributed by atoms with Crippen molar-refractivity contribution in [2.75, 3.05) is 6.54 Å². The zero-order valence-electron chi connectivity index (χ0n) is 9.75. The summed E-state index contributed by atoms with van der Waals surface area (Å²) in [4.78, 5) is 18.3. The van der Waals surface area contributed by atoms with Crippen LogP contribution in [0, 0.1) is 0 Å². The Morgan fingerprint density at radius 2 is 2.13 bits per heavy atom. The molecule has 1 aliphatic heterocycles. The number of hydrogen-bond acceptors (Lipinski definition) is 3. The van der Waals surface area contributed by atoms with Crippen LogP contribution in [-0.4, -0.2) is 23.5 Å². The van der Waals surface area contributed by atoms with Crippen LogP contribution in [0.1, 0.15) is 40.0 Å². The molecule has 0 aromatic rings. The molecule has 4 heteroatoms. The molecular formula is C11H20N2O2. The van der Waals surface area contributed by atoms with Gasteiger partial charge in [-0.2, -0.15) is 0 Å². The fourth-order valence-corrected chi connectivity index (χ4v) is 1.87. The van der Waals surface area contributed by atoms with Gasteiger partial charge in [0.15, 0.2) is 6.10 Å². The van der Waals surface area contributed by atoms with Crippen molar-refractivity contribution in [2.24, 2.45) is 5.90 Å². The SMILES string of the molecule is CC(C)=C1CCCCN1C(=O)C(C)ON. The molecule has 1 amide bonds. The van der Waals surface area contributed by atoms with E-state index in [1.165, 1.54) is 5.57 Å². The van der Waals surface area contributed by atoms with Crippen LogP contribution in [0.25, 0.3) is 0 Å². The average Bonchev–Trinajstić information content (AvgIpc) is 2.27. The van der Waals surface area contributed by atoms with Crippen molar-refractivity contribution in [1.82, 2.24) is 4.90 Å². The molecule has 0 aliphatic carbocycles. The van der Waals surface area contributed by atoms with E-state index in [1.807, 2.05) is 18.7 Å². The van der Waals surface area contributed by atoms with Crippen molar-refractivity contribution in [3.8, 4) is 0 Å². The van der Waals surface area contributed by atoms with Crippen molar-refractivity contribution < 1.29 is 9.63 Å². The monoisotopic (exact) mass is 212 g/mol. The van der Waals surface area contributed by atoms with Gasteiger partial charge >= 0.3 is 0 Å². The second-order valence-electron chi connectivity index (χ2n) is 4.17. The van der Waals surface area contributed by atoms with Gasteiger partial charge in [0.25, 0.3) is 5.91 Å². The van der Waals surface area contributed by atoms with Crippen molar-refractivity contribution in [1.29, 1.82) is 0 Å². The Hall–Kier alpha value is -0.870. The Balaban J connectivity index is 2.82. The van der Waals surface area contributed by atoms with Gasteiger partial charge in [0.2, 0.25) is 0 Å². The first-order valence-corrected chi connectivity index (χ1v) is 5.41. The molecule has 1 aliphatic rings. The number of allylic oxidation sites excluding steroid dienone is 2. The lowest BCUT2D eigenvalue weighted by molar-refractivity contribution is -0.141. The van der Waals surface area contributed by atoms with Gasteiger partial charge in [0.05, 0.1) is 0 Å². The van der Waals surface area contributed by atoms with Crippen LogP contribution < -0.4 is 5.90 Å². The number of rotatable bonds is 2. The molecule has 1 rings (SSSR count). The third-order valence-corrected chi connectivity index (χ3v) is 2.77. The first-order valence-electron chi connectivity index (χ1n) is 5.41. The molecule has 1 fully saturated rings. The normalized spacial score (nSPS) is 18.9. The maximum Gasteiger partial charge on any atom is 0.257 e. The van der Waals surface area contributed by atoms with Gasteiger partial charge in [0.1, 0.15) is 0 Å². The summed E-state index contributed by atoms with van der Waals surface area (Å²) in [5, 5.41) is 0. The molecule has 0 aromatic carbocycles. The van der Waals surface area contributed by atoms with Crippen LogP contribution >= 0.6 is 0 Å².